The quantitative estimate of drug-likeness (QED) is 0.898. The normalized spacial score (nSPS) is 10.7. The van der Waals surface area contributed by atoms with Gasteiger partial charge in [0.25, 0.3) is 5.91 Å². The standard InChI is InChI=1S/C17H21NO2/c1-3-5-12-18(4-2)17(20)15-11-10-13-8-6-7-9-14(13)16(15)19/h6-11,19H,3-5,12H2,1-2H3. The fourth-order valence-electron chi connectivity index (χ4n) is 2.35. The predicted octanol–water partition coefficient (Wildman–Crippen LogP) is 3.81. The van der Waals surface area contributed by atoms with E-state index in [1.165, 1.54) is 0 Å². The predicted molar refractivity (Wildman–Crippen MR) is 82.1 cm³/mol. The highest BCUT2D eigenvalue weighted by atomic mass is 16.3. The smallest absolute Gasteiger partial charge is 0.257 e. The maximum atomic E-state index is 12.5. The van der Waals surface area contributed by atoms with E-state index in [4.69, 9.17) is 0 Å². The Morgan fingerprint density at radius 1 is 1.15 bits per heavy atom. The van der Waals surface area contributed by atoms with Gasteiger partial charge < -0.3 is 10.0 Å². The van der Waals surface area contributed by atoms with Crippen LogP contribution in [0.4, 0.5) is 0 Å². The van der Waals surface area contributed by atoms with Crippen LogP contribution in [0.5, 0.6) is 5.75 Å². The van der Waals surface area contributed by atoms with Crippen LogP contribution in [0.2, 0.25) is 0 Å². The van der Waals surface area contributed by atoms with Crippen molar-refractivity contribution in [1.29, 1.82) is 0 Å². The maximum Gasteiger partial charge on any atom is 0.257 e. The zero-order valence-corrected chi connectivity index (χ0v) is 12.1. The molecule has 0 spiro atoms. The van der Waals surface area contributed by atoms with Gasteiger partial charge >= 0.3 is 0 Å². The number of amides is 1. The van der Waals surface area contributed by atoms with Gasteiger partial charge in [0.15, 0.2) is 0 Å². The summed E-state index contributed by atoms with van der Waals surface area (Å²) in [5, 5.41) is 12.0. The zero-order valence-electron chi connectivity index (χ0n) is 12.1. The van der Waals surface area contributed by atoms with Crippen LogP contribution >= 0.6 is 0 Å². The first kappa shape index (κ1) is 14.4. The number of nitrogens with zero attached hydrogens (tertiary/aromatic N) is 1. The van der Waals surface area contributed by atoms with Crippen molar-refractivity contribution in [2.24, 2.45) is 0 Å². The summed E-state index contributed by atoms with van der Waals surface area (Å²) in [5.74, 6) is -0.00717. The molecule has 1 amide bonds. The van der Waals surface area contributed by atoms with Crippen molar-refractivity contribution in [2.45, 2.75) is 26.7 Å². The minimum atomic E-state index is -0.0933. The molecule has 0 aliphatic carbocycles. The third kappa shape index (κ3) is 2.77. The first-order chi connectivity index (χ1) is 9.69. The molecule has 0 saturated carbocycles. The SMILES string of the molecule is CCCCN(CC)C(=O)c1ccc2ccccc2c1O. The van der Waals surface area contributed by atoms with Gasteiger partial charge in [-0.05, 0) is 24.8 Å². The number of carbonyl (C=O) groups is 1. The van der Waals surface area contributed by atoms with Crippen molar-refractivity contribution in [2.75, 3.05) is 13.1 Å². The van der Waals surface area contributed by atoms with Crippen molar-refractivity contribution < 1.29 is 9.90 Å². The molecule has 0 atom stereocenters. The fourth-order valence-corrected chi connectivity index (χ4v) is 2.35. The maximum absolute atomic E-state index is 12.5. The Morgan fingerprint density at radius 3 is 2.60 bits per heavy atom. The fraction of sp³-hybridized carbons (Fsp3) is 0.353. The summed E-state index contributed by atoms with van der Waals surface area (Å²) in [4.78, 5) is 14.3. The second-order valence-corrected chi connectivity index (χ2v) is 4.92. The average Bonchev–Trinajstić information content (AvgIpc) is 2.48. The van der Waals surface area contributed by atoms with Gasteiger partial charge in [-0.3, -0.25) is 4.79 Å². The average molecular weight is 271 g/mol. The summed E-state index contributed by atoms with van der Waals surface area (Å²) in [7, 11) is 0. The molecule has 2 rings (SSSR count). The third-order valence-corrected chi connectivity index (χ3v) is 3.58. The second kappa shape index (κ2) is 6.42. The molecule has 3 nitrogen and oxygen atoms in total. The van der Waals surface area contributed by atoms with Gasteiger partial charge in [-0.1, -0.05) is 43.7 Å². The van der Waals surface area contributed by atoms with Gasteiger partial charge in [0.05, 0.1) is 5.56 Å². The van der Waals surface area contributed by atoms with Gasteiger partial charge in [0.2, 0.25) is 0 Å². The van der Waals surface area contributed by atoms with Crippen molar-refractivity contribution in [1.82, 2.24) is 4.90 Å². The van der Waals surface area contributed by atoms with E-state index >= 15 is 0 Å². The number of phenolic OH excluding ortho intramolecular Hbond substituents is 1. The van der Waals surface area contributed by atoms with E-state index in [2.05, 4.69) is 6.92 Å². The van der Waals surface area contributed by atoms with Gasteiger partial charge in [0.1, 0.15) is 5.75 Å². The molecular weight excluding hydrogens is 250 g/mol. The molecule has 0 fully saturated rings. The van der Waals surface area contributed by atoms with Crippen LogP contribution < -0.4 is 0 Å². The number of carbonyl (C=O) groups excluding carboxylic acids is 1. The molecular formula is C17H21NO2. The number of benzene rings is 2. The number of unbranched alkanes of at least 4 members (excludes halogenated alkanes) is 1. The number of rotatable bonds is 5. The van der Waals surface area contributed by atoms with E-state index in [0.717, 1.165) is 30.2 Å². The molecule has 0 bridgehead atoms. The van der Waals surface area contributed by atoms with Gasteiger partial charge in [-0.15, -0.1) is 0 Å². The summed E-state index contributed by atoms with van der Waals surface area (Å²) in [6, 6.07) is 11.2. The number of hydrogen-bond donors (Lipinski definition) is 1. The zero-order chi connectivity index (χ0) is 14.5. The summed E-state index contributed by atoms with van der Waals surface area (Å²) in [5.41, 5.74) is 0.390. The molecule has 3 heteroatoms. The number of fused-ring (bicyclic) bond motifs is 1. The molecule has 1 N–H and O–H groups in total. The third-order valence-electron chi connectivity index (χ3n) is 3.58. The Kier molecular flexibility index (Phi) is 4.61. The van der Waals surface area contributed by atoms with Crippen LogP contribution in [0.3, 0.4) is 0 Å². The Labute approximate surface area is 119 Å². The van der Waals surface area contributed by atoms with Gasteiger partial charge in [-0.25, -0.2) is 0 Å². The van der Waals surface area contributed by atoms with Crippen LogP contribution in [0.1, 0.15) is 37.0 Å². The Bertz CT molecular complexity index is 607. The molecule has 0 heterocycles. The van der Waals surface area contributed by atoms with Crippen LogP contribution in [-0.4, -0.2) is 29.0 Å². The van der Waals surface area contributed by atoms with Crippen molar-refractivity contribution in [3.05, 3.63) is 42.0 Å². The van der Waals surface area contributed by atoms with E-state index in [9.17, 15) is 9.90 Å². The van der Waals surface area contributed by atoms with Crippen molar-refractivity contribution in [3.8, 4) is 5.75 Å². The number of aromatic hydroxyl groups is 1. The molecule has 0 aliphatic rings. The summed E-state index contributed by atoms with van der Waals surface area (Å²) in [6.07, 6.45) is 2.03. The van der Waals surface area contributed by atoms with E-state index < -0.39 is 0 Å². The van der Waals surface area contributed by atoms with E-state index in [1.807, 2.05) is 37.3 Å². The molecule has 20 heavy (non-hydrogen) atoms. The number of phenols is 1. The Morgan fingerprint density at radius 2 is 1.90 bits per heavy atom. The molecule has 0 radical (unpaired) electrons. The Hall–Kier alpha value is -2.03. The lowest BCUT2D eigenvalue weighted by molar-refractivity contribution is 0.0759. The molecule has 0 aliphatic heterocycles. The summed E-state index contributed by atoms with van der Waals surface area (Å²) < 4.78 is 0. The van der Waals surface area contributed by atoms with Crippen LogP contribution in [0, 0.1) is 0 Å². The molecule has 106 valence electrons. The van der Waals surface area contributed by atoms with Gasteiger partial charge in [-0.2, -0.15) is 0 Å². The topological polar surface area (TPSA) is 40.5 Å². The van der Waals surface area contributed by atoms with E-state index in [-0.39, 0.29) is 11.7 Å². The van der Waals surface area contributed by atoms with Crippen LogP contribution in [-0.2, 0) is 0 Å². The van der Waals surface area contributed by atoms with E-state index in [1.54, 1.807) is 11.0 Å². The van der Waals surface area contributed by atoms with Crippen molar-refractivity contribution >= 4 is 16.7 Å². The summed E-state index contributed by atoms with van der Waals surface area (Å²) in [6.45, 7) is 5.46. The minimum absolute atomic E-state index is 0.0862. The highest BCUT2D eigenvalue weighted by Crippen LogP contribution is 2.29. The molecule has 2 aromatic rings. The van der Waals surface area contributed by atoms with Crippen LogP contribution in [0.15, 0.2) is 36.4 Å². The molecule has 0 saturated heterocycles. The second-order valence-electron chi connectivity index (χ2n) is 4.92. The Balaban J connectivity index is 2.36. The lowest BCUT2D eigenvalue weighted by atomic mass is 10.0. The van der Waals surface area contributed by atoms with Crippen molar-refractivity contribution in [3.63, 3.8) is 0 Å². The summed E-state index contributed by atoms with van der Waals surface area (Å²) >= 11 is 0. The lowest BCUT2D eigenvalue weighted by Gasteiger charge is -2.21. The first-order valence-electron chi connectivity index (χ1n) is 7.19. The monoisotopic (exact) mass is 271 g/mol. The largest absolute Gasteiger partial charge is 0.506 e. The first-order valence-corrected chi connectivity index (χ1v) is 7.19. The number of hydrogen-bond acceptors (Lipinski definition) is 2. The molecule has 2 aromatic carbocycles. The lowest BCUT2D eigenvalue weighted by Crippen LogP contribution is -2.31. The van der Waals surface area contributed by atoms with E-state index in [0.29, 0.717) is 12.1 Å². The van der Waals surface area contributed by atoms with Gasteiger partial charge in [0, 0.05) is 18.5 Å². The highest BCUT2D eigenvalue weighted by molar-refractivity contribution is 6.03. The highest BCUT2D eigenvalue weighted by Gasteiger charge is 2.18. The van der Waals surface area contributed by atoms with Crippen LogP contribution in [0.25, 0.3) is 10.8 Å². The minimum Gasteiger partial charge on any atom is -0.506 e. The molecule has 0 unspecified atom stereocenters. The molecule has 0 aromatic heterocycles.